The van der Waals surface area contributed by atoms with Crippen LogP contribution in [0.1, 0.15) is 22.6 Å². The Morgan fingerprint density at radius 3 is 2.47 bits per heavy atom. The van der Waals surface area contributed by atoms with Crippen molar-refractivity contribution >= 4 is 35.7 Å². The van der Waals surface area contributed by atoms with Crippen molar-refractivity contribution in [1.82, 2.24) is 0 Å². The molecule has 2 heterocycles. The number of amides is 2. The van der Waals surface area contributed by atoms with Gasteiger partial charge in [0, 0.05) is 11.5 Å². The summed E-state index contributed by atoms with van der Waals surface area (Å²) in [4.78, 5) is 27.3. The predicted octanol–water partition coefficient (Wildman–Crippen LogP) is 6.18. The molecule has 2 N–H and O–H groups in total. The van der Waals surface area contributed by atoms with E-state index in [1.807, 2.05) is 91.1 Å². The van der Waals surface area contributed by atoms with E-state index in [1.54, 1.807) is 6.07 Å². The van der Waals surface area contributed by atoms with E-state index in [0.717, 1.165) is 27.8 Å². The zero-order chi connectivity index (χ0) is 23.4. The summed E-state index contributed by atoms with van der Waals surface area (Å²) in [5, 5.41) is 20.1. The minimum atomic E-state index is -1.05. The average molecular weight is 448 g/mol. The van der Waals surface area contributed by atoms with Crippen LogP contribution in [-0.2, 0) is 0 Å². The molecule has 0 aromatic heterocycles. The van der Waals surface area contributed by atoms with Gasteiger partial charge in [-0.2, -0.15) is 0 Å². The zero-order valence-electron chi connectivity index (χ0n) is 18.0. The molecule has 0 saturated heterocycles. The standard InChI is InChI=1S/C28H20N2O4/c31-27(32)29-23-11-3-1-7-17(23)15-21-19(9-5-13-25(21)29)20-10-6-14-26-22(20)16-18-8-2-4-12-24(18)30(26)28(33)34/h1-16,19,24H,(H,31,32)(H,33,34). The number of hydrogen-bond acceptors (Lipinski definition) is 2. The van der Waals surface area contributed by atoms with Gasteiger partial charge in [0.1, 0.15) is 0 Å². The van der Waals surface area contributed by atoms with Gasteiger partial charge in [0.05, 0.1) is 23.1 Å². The Kier molecular flexibility index (Phi) is 4.42. The maximum absolute atomic E-state index is 12.3. The molecule has 2 unspecified atom stereocenters. The summed E-state index contributed by atoms with van der Waals surface area (Å²) in [6.07, 6.45) is 15.3. The summed E-state index contributed by atoms with van der Waals surface area (Å²) < 4.78 is 0. The molecule has 2 amide bonds. The van der Waals surface area contributed by atoms with E-state index in [9.17, 15) is 19.8 Å². The highest BCUT2D eigenvalue weighted by molar-refractivity contribution is 5.99. The van der Waals surface area contributed by atoms with Gasteiger partial charge >= 0.3 is 12.2 Å². The Morgan fingerprint density at radius 2 is 1.65 bits per heavy atom. The monoisotopic (exact) mass is 448 g/mol. The lowest BCUT2D eigenvalue weighted by Crippen LogP contribution is -2.42. The van der Waals surface area contributed by atoms with Crippen LogP contribution in [0.25, 0.3) is 12.2 Å². The summed E-state index contributed by atoms with van der Waals surface area (Å²) in [5.41, 5.74) is 6.19. The first kappa shape index (κ1) is 20.1. The fourth-order valence-corrected chi connectivity index (χ4v) is 5.23. The first-order valence-corrected chi connectivity index (χ1v) is 11.0. The third-order valence-electron chi connectivity index (χ3n) is 6.65. The first-order valence-electron chi connectivity index (χ1n) is 11.0. The third-order valence-corrected chi connectivity index (χ3v) is 6.65. The molecule has 6 heteroatoms. The van der Waals surface area contributed by atoms with Crippen molar-refractivity contribution < 1.29 is 19.8 Å². The normalized spacial score (nSPS) is 21.5. The lowest BCUT2D eigenvalue weighted by molar-refractivity contribution is 0.200. The molecule has 2 aromatic rings. The molecule has 0 spiro atoms. The van der Waals surface area contributed by atoms with E-state index in [1.165, 1.54) is 9.80 Å². The molecule has 2 aliphatic carbocycles. The Balaban J connectivity index is 1.54. The molecule has 34 heavy (non-hydrogen) atoms. The van der Waals surface area contributed by atoms with E-state index in [4.69, 9.17) is 0 Å². The minimum Gasteiger partial charge on any atom is -0.465 e. The van der Waals surface area contributed by atoms with Gasteiger partial charge in [-0.3, -0.25) is 4.90 Å². The predicted molar refractivity (Wildman–Crippen MR) is 132 cm³/mol. The largest absolute Gasteiger partial charge is 0.465 e. The number of benzene rings is 2. The van der Waals surface area contributed by atoms with Crippen LogP contribution in [0.15, 0.2) is 102 Å². The second-order valence-electron chi connectivity index (χ2n) is 8.46. The summed E-state index contributed by atoms with van der Waals surface area (Å²) in [7, 11) is 0. The van der Waals surface area contributed by atoms with E-state index in [2.05, 4.69) is 0 Å². The molecule has 0 bridgehead atoms. The van der Waals surface area contributed by atoms with Crippen LogP contribution in [0.2, 0.25) is 0 Å². The third kappa shape index (κ3) is 2.89. The number of fused-ring (bicyclic) bond motifs is 4. The lowest BCUT2D eigenvalue weighted by Gasteiger charge is -2.38. The van der Waals surface area contributed by atoms with Gasteiger partial charge in [0.25, 0.3) is 0 Å². The molecule has 0 saturated carbocycles. The number of para-hydroxylation sites is 1. The van der Waals surface area contributed by atoms with E-state index < -0.39 is 12.2 Å². The first-order chi connectivity index (χ1) is 16.5. The highest BCUT2D eigenvalue weighted by Gasteiger charge is 2.36. The molecule has 6 rings (SSSR count). The Bertz CT molecular complexity index is 1440. The van der Waals surface area contributed by atoms with Crippen molar-refractivity contribution in [3.8, 4) is 0 Å². The van der Waals surface area contributed by atoms with Crippen molar-refractivity contribution in [2.75, 3.05) is 9.80 Å². The number of rotatable bonds is 1. The SMILES string of the molecule is O=C(O)N1C2=CC=CC(c3cccc4c3C=C3C=CC=CC3N4C(=O)O)C2=Cc2ccccc21. The average Bonchev–Trinajstić information content (AvgIpc) is 2.84. The van der Waals surface area contributed by atoms with Crippen LogP contribution >= 0.6 is 0 Å². The van der Waals surface area contributed by atoms with Crippen LogP contribution in [-0.4, -0.2) is 28.4 Å². The number of allylic oxidation sites excluding steroid dienone is 6. The highest BCUT2D eigenvalue weighted by atomic mass is 16.4. The number of nitrogens with zero attached hydrogens (tertiary/aromatic N) is 2. The summed E-state index contributed by atoms with van der Waals surface area (Å²) >= 11 is 0. The van der Waals surface area contributed by atoms with Gasteiger partial charge < -0.3 is 10.2 Å². The van der Waals surface area contributed by atoms with Crippen molar-refractivity contribution in [1.29, 1.82) is 0 Å². The molecule has 0 fully saturated rings. The lowest BCUT2D eigenvalue weighted by atomic mass is 9.78. The van der Waals surface area contributed by atoms with Crippen LogP contribution in [0.3, 0.4) is 0 Å². The summed E-state index contributed by atoms with van der Waals surface area (Å²) in [6, 6.07) is 12.7. The van der Waals surface area contributed by atoms with Gasteiger partial charge in [0.2, 0.25) is 0 Å². The summed E-state index contributed by atoms with van der Waals surface area (Å²) in [5.74, 6) is -0.239. The van der Waals surface area contributed by atoms with Crippen LogP contribution < -0.4 is 9.80 Å². The zero-order valence-corrected chi connectivity index (χ0v) is 18.0. The van der Waals surface area contributed by atoms with E-state index >= 15 is 0 Å². The second kappa shape index (κ2) is 7.49. The summed E-state index contributed by atoms with van der Waals surface area (Å²) in [6.45, 7) is 0. The number of carbonyl (C=O) groups is 2. The van der Waals surface area contributed by atoms with Gasteiger partial charge in [-0.25, -0.2) is 14.5 Å². The molecule has 2 aliphatic heterocycles. The van der Waals surface area contributed by atoms with Gasteiger partial charge in [0.15, 0.2) is 0 Å². The molecule has 2 aromatic carbocycles. The quantitative estimate of drug-likeness (QED) is 0.546. The molecule has 166 valence electrons. The molecular weight excluding hydrogens is 428 g/mol. The maximum Gasteiger partial charge on any atom is 0.416 e. The number of anilines is 2. The van der Waals surface area contributed by atoms with Crippen molar-refractivity contribution in [3.05, 3.63) is 119 Å². The van der Waals surface area contributed by atoms with Crippen LogP contribution in [0.4, 0.5) is 21.0 Å². The van der Waals surface area contributed by atoms with Crippen molar-refractivity contribution in [3.63, 3.8) is 0 Å². The van der Waals surface area contributed by atoms with E-state index in [-0.39, 0.29) is 12.0 Å². The van der Waals surface area contributed by atoms with Crippen molar-refractivity contribution in [2.24, 2.45) is 0 Å². The van der Waals surface area contributed by atoms with Gasteiger partial charge in [-0.05, 0) is 52.6 Å². The Morgan fingerprint density at radius 1 is 0.824 bits per heavy atom. The smallest absolute Gasteiger partial charge is 0.416 e. The molecular formula is C28H20N2O4. The minimum absolute atomic E-state index is 0.239. The Hall–Kier alpha value is -4.58. The molecule has 0 radical (unpaired) electrons. The van der Waals surface area contributed by atoms with Gasteiger partial charge in [-0.15, -0.1) is 0 Å². The molecule has 6 nitrogen and oxygen atoms in total. The second-order valence-corrected chi connectivity index (χ2v) is 8.46. The number of hydrogen-bond donors (Lipinski definition) is 2. The highest BCUT2D eigenvalue weighted by Crippen LogP contribution is 2.47. The molecule has 4 aliphatic rings. The fraction of sp³-hybridized carbons (Fsp3) is 0.0714. The molecule has 2 atom stereocenters. The van der Waals surface area contributed by atoms with Crippen LogP contribution in [0, 0.1) is 0 Å². The fourth-order valence-electron chi connectivity index (χ4n) is 5.23. The Labute approximate surface area is 196 Å². The van der Waals surface area contributed by atoms with E-state index in [0.29, 0.717) is 17.1 Å². The van der Waals surface area contributed by atoms with Crippen molar-refractivity contribution in [2.45, 2.75) is 12.0 Å². The topological polar surface area (TPSA) is 81.1 Å². The maximum atomic E-state index is 12.3. The van der Waals surface area contributed by atoms with Gasteiger partial charge in [-0.1, -0.05) is 66.8 Å². The number of carboxylic acid groups (broad SMARTS) is 2. The van der Waals surface area contributed by atoms with Crippen LogP contribution in [0.5, 0.6) is 0 Å².